The fourth-order valence-electron chi connectivity index (χ4n) is 3.26. The summed E-state index contributed by atoms with van der Waals surface area (Å²) < 4.78 is 1.62. The zero-order chi connectivity index (χ0) is 19.8. The van der Waals surface area contributed by atoms with Gasteiger partial charge in [-0.1, -0.05) is 36.4 Å². The van der Waals surface area contributed by atoms with Crippen LogP contribution in [0.3, 0.4) is 0 Å². The summed E-state index contributed by atoms with van der Waals surface area (Å²) in [7, 11) is 0. The van der Waals surface area contributed by atoms with Crippen LogP contribution in [0.25, 0.3) is 17.0 Å². The fourth-order valence-corrected chi connectivity index (χ4v) is 3.26. The average Bonchev–Trinajstić information content (AvgIpc) is 3.21. The molecule has 2 heterocycles. The Morgan fingerprint density at radius 1 is 1.07 bits per heavy atom. The number of carboxylic acid groups (broad SMARTS) is 1. The standard InChI is InChI=1S/C21H17N3O4/c1-13(21(27)28)23-12-14(16-9-5-6-10-18(16)23)11-17-19(25)22-24(20(17)26)15-7-3-2-4-8-15/h2-13H,1H3,(H,22,25)(H,27,28)/b17-11-/t13-/m0/s1. The van der Waals surface area contributed by atoms with Gasteiger partial charge in [0.05, 0.1) is 5.69 Å². The summed E-state index contributed by atoms with van der Waals surface area (Å²) in [5.41, 5.74) is 4.44. The maximum Gasteiger partial charge on any atom is 0.326 e. The molecule has 1 atom stereocenters. The maximum absolute atomic E-state index is 12.8. The summed E-state index contributed by atoms with van der Waals surface area (Å²) in [6.45, 7) is 1.58. The Balaban J connectivity index is 1.79. The molecule has 4 rings (SSSR count). The van der Waals surface area contributed by atoms with E-state index in [1.54, 1.807) is 42.0 Å². The first kappa shape index (κ1) is 17.5. The summed E-state index contributed by atoms with van der Waals surface area (Å²) in [5, 5.41) is 11.3. The van der Waals surface area contributed by atoms with Gasteiger partial charge in [0.15, 0.2) is 0 Å². The van der Waals surface area contributed by atoms with E-state index < -0.39 is 23.8 Å². The predicted octanol–water partition coefficient (Wildman–Crippen LogP) is 2.75. The second kappa shape index (κ2) is 6.70. The molecular weight excluding hydrogens is 358 g/mol. The molecule has 0 bridgehead atoms. The zero-order valence-electron chi connectivity index (χ0n) is 15.0. The molecule has 1 aromatic heterocycles. The molecule has 1 aliphatic heterocycles. The predicted molar refractivity (Wildman–Crippen MR) is 104 cm³/mol. The molecule has 2 amide bonds. The highest BCUT2D eigenvalue weighted by atomic mass is 16.4. The quantitative estimate of drug-likeness (QED) is 0.542. The van der Waals surface area contributed by atoms with Gasteiger partial charge in [-0.2, -0.15) is 0 Å². The molecular formula is C21H17N3O4. The van der Waals surface area contributed by atoms with E-state index in [9.17, 15) is 19.5 Å². The van der Waals surface area contributed by atoms with Gasteiger partial charge in [0.1, 0.15) is 11.6 Å². The number of hydrogen-bond acceptors (Lipinski definition) is 3. The van der Waals surface area contributed by atoms with E-state index in [1.807, 2.05) is 30.3 Å². The van der Waals surface area contributed by atoms with Crippen molar-refractivity contribution in [3.05, 3.63) is 71.9 Å². The molecule has 140 valence electrons. The summed E-state index contributed by atoms with van der Waals surface area (Å²) in [6.07, 6.45) is 3.16. The lowest BCUT2D eigenvalue weighted by molar-refractivity contribution is -0.140. The van der Waals surface area contributed by atoms with Gasteiger partial charge in [0.2, 0.25) is 0 Å². The van der Waals surface area contributed by atoms with Gasteiger partial charge in [-0.15, -0.1) is 0 Å². The number of nitrogens with zero attached hydrogens (tertiary/aromatic N) is 2. The van der Waals surface area contributed by atoms with Gasteiger partial charge >= 0.3 is 5.97 Å². The van der Waals surface area contributed by atoms with Gasteiger partial charge in [-0.3, -0.25) is 15.0 Å². The number of benzene rings is 2. The van der Waals surface area contributed by atoms with Crippen LogP contribution in [0.2, 0.25) is 0 Å². The van der Waals surface area contributed by atoms with Crippen molar-refractivity contribution in [2.24, 2.45) is 0 Å². The fraction of sp³-hybridized carbons (Fsp3) is 0.0952. The minimum Gasteiger partial charge on any atom is -0.480 e. The molecule has 1 aliphatic rings. The molecule has 3 aromatic rings. The smallest absolute Gasteiger partial charge is 0.326 e. The van der Waals surface area contributed by atoms with Crippen molar-refractivity contribution >= 4 is 40.4 Å². The number of amides is 2. The lowest BCUT2D eigenvalue weighted by atomic mass is 10.1. The van der Waals surface area contributed by atoms with E-state index in [0.29, 0.717) is 11.3 Å². The number of fused-ring (bicyclic) bond motifs is 1. The third-order valence-electron chi connectivity index (χ3n) is 4.75. The van der Waals surface area contributed by atoms with E-state index in [-0.39, 0.29) is 5.57 Å². The van der Waals surface area contributed by atoms with Crippen molar-refractivity contribution in [1.82, 2.24) is 9.99 Å². The van der Waals surface area contributed by atoms with E-state index in [4.69, 9.17) is 0 Å². The first-order valence-electron chi connectivity index (χ1n) is 8.72. The number of rotatable bonds is 4. The van der Waals surface area contributed by atoms with E-state index >= 15 is 0 Å². The van der Waals surface area contributed by atoms with Crippen molar-refractivity contribution in [3.8, 4) is 0 Å². The van der Waals surface area contributed by atoms with Gasteiger partial charge in [-0.05, 0) is 31.2 Å². The molecule has 7 nitrogen and oxygen atoms in total. The Labute approximate surface area is 160 Å². The van der Waals surface area contributed by atoms with Gasteiger partial charge in [0, 0.05) is 22.7 Å². The number of aromatic nitrogens is 1. The molecule has 0 unspecified atom stereocenters. The minimum absolute atomic E-state index is 0.00488. The lowest BCUT2D eigenvalue weighted by Gasteiger charge is -2.13. The first-order valence-corrected chi connectivity index (χ1v) is 8.72. The highest BCUT2D eigenvalue weighted by Crippen LogP contribution is 2.28. The normalized spacial score (nSPS) is 16.6. The lowest BCUT2D eigenvalue weighted by Crippen LogP contribution is -2.35. The van der Waals surface area contributed by atoms with Gasteiger partial charge in [0.25, 0.3) is 11.8 Å². The number of hydrazine groups is 1. The minimum atomic E-state index is -0.968. The number of carboxylic acids is 1. The number of para-hydroxylation sites is 2. The van der Waals surface area contributed by atoms with E-state index in [2.05, 4.69) is 5.43 Å². The summed E-state index contributed by atoms with van der Waals surface area (Å²) in [5.74, 6) is -1.93. The number of carbonyl (C=O) groups is 3. The largest absolute Gasteiger partial charge is 0.480 e. The third kappa shape index (κ3) is 2.83. The molecule has 28 heavy (non-hydrogen) atoms. The molecule has 1 saturated heterocycles. The van der Waals surface area contributed by atoms with E-state index in [0.717, 1.165) is 10.9 Å². The summed E-state index contributed by atoms with van der Waals surface area (Å²) in [6, 6.07) is 15.3. The van der Waals surface area contributed by atoms with Crippen molar-refractivity contribution in [1.29, 1.82) is 0 Å². The topological polar surface area (TPSA) is 91.6 Å². The van der Waals surface area contributed by atoms with Crippen LogP contribution in [-0.2, 0) is 14.4 Å². The van der Waals surface area contributed by atoms with E-state index in [1.165, 1.54) is 11.1 Å². The van der Waals surface area contributed by atoms with Crippen molar-refractivity contribution < 1.29 is 19.5 Å². The van der Waals surface area contributed by atoms with Crippen LogP contribution < -0.4 is 10.4 Å². The monoisotopic (exact) mass is 375 g/mol. The van der Waals surface area contributed by atoms with Gasteiger partial charge < -0.3 is 9.67 Å². The Hall–Kier alpha value is -3.87. The highest BCUT2D eigenvalue weighted by molar-refractivity contribution is 6.32. The van der Waals surface area contributed by atoms with Crippen LogP contribution in [0, 0.1) is 0 Å². The number of anilines is 1. The molecule has 0 saturated carbocycles. The Kier molecular flexibility index (Phi) is 4.19. The first-order chi connectivity index (χ1) is 13.5. The molecule has 0 radical (unpaired) electrons. The number of nitrogens with one attached hydrogen (secondary N) is 1. The molecule has 0 spiro atoms. The number of hydrogen-bond donors (Lipinski definition) is 2. The Bertz CT molecular complexity index is 1130. The average molecular weight is 375 g/mol. The Morgan fingerprint density at radius 3 is 2.46 bits per heavy atom. The van der Waals surface area contributed by atoms with Crippen molar-refractivity contribution in [3.63, 3.8) is 0 Å². The zero-order valence-corrected chi connectivity index (χ0v) is 15.0. The molecule has 7 heteroatoms. The van der Waals surface area contributed by atoms with Crippen molar-refractivity contribution in [2.45, 2.75) is 13.0 Å². The van der Waals surface area contributed by atoms with Crippen LogP contribution in [-0.4, -0.2) is 27.5 Å². The number of carbonyl (C=O) groups excluding carboxylic acids is 2. The summed E-state index contributed by atoms with van der Waals surface area (Å²) >= 11 is 0. The molecule has 2 aromatic carbocycles. The second-order valence-electron chi connectivity index (χ2n) is 6.50. The number of aliphatic carboxylic acids is 1. The van der Waals surface area contributed by atoms with Crippen LogP contribution >= 0.6 is 0 Å². The third-order valence-corrected chi connectivity index (χ3v) is 4.75. The maximum atomic E-state index is 12.8. The Morgan fingerprint density at radius 2 is 1.75 bits per heavy atom. The SMILES string of the molecule is C[C@@H](C(=O)O)n1cc(/C=C2/C(=O)NN(c3ccccc3)C2=O)c2ccccc21. The van der Waals surface area contributed by atoms with Crippen LogP contribution in [0.1, 0.15) is 18.5 Å². The van der Waals surface area contributed by atoms with Crippen molar-refractivity contribution in [2.75, 3.05) is 5.01 Å². The summed E-state index contributed by atoms with van der Waals surface area (Å²) in [4.78, 5) is 36.6. The molecule has 2 N–H and O–H groups in total. The van der Waals surface area contributed by atoms with Crippen LogP contribution in [0.4, 0.5) is 5.69 Å². The molecule has 0 aliphatic carbocycles. The highest BCUT2D eigenvalue weighted by Gasteiger charge is 2.34. The van der Waals surface area contributed by atoms with Crippen LogP contribution in [0.15, 0.2) is 66.4 Å². The van der Waals surface area contributed by atoms with Gasteiger partial charge in [-0.25, -0.2) is 9.80 Å². The second-order valence-corrected chi connectivity index (χ2v) is 6.50. The van der Waals surface area contributed by atoms with Crippen LogP contribution in [0.5, 0.6) is 0 Å². The molecule has 1 fully saturated rings.